The smallest absolute Gasteiger partial charge is 0.346 e. The molecule has 0 fully saturated rings. The minimum Gasteiger partial charge on any atom is -0.452 e. The molecule has 0 spiro atoms. The number of amides is 1. The summed E-state index contributed by atoms with van der Waals surface area (Å²) in [4.78, 5) is 26.1. The predicted octanol–water partition coefficient (Wildman–Crippen LogP) is 3.51. The van der Waals surface area contributed by atoms with Gasteiger partial charge in [-0.25, -0.2) is 4.79 Å². The maximum Gasteiger partial charge on any atom is 0.346 e. The van der Waals surface area contributed by atoms with E-state index in [9.17, 15) is 9.59 Å². The fourth-order valence-corrected chi connectivity index (χ4v) is 3.22. The Labute approximate surface area is 159 Å². The molecule has 1 heterocycles. The van der Waals surface area contributed by atoms with E-state index in [1.807, 2.05) is 48.5 Å². The highest BCUT2D eigenvalue weighted by Crippen LogP contribution is 2.33. The van der Waals surface area contributed by atoms with Crippen LogP contribution in [0.4, 0.5) is 11.6 Å². The molecule has 7 nitrogen and oxygen atoms in total. The van der Waals surface area contributed by atoms with Crippen molar-refractivity contribution < 1.29 is 18.8 Å². The van der Waals surface area contributed by atoms with Gasteiger partial charge >= 0.3 is 5.97 Å². The van der Waals surface area contributed by atoms with Crippen LogP contribution in [0.2, 0.25) is 0 Å². The lowest BCUT2D eigenvalue weighted by atomic mass is 10.2. The molecule has 0 radical (unpaired) electrons. The number of carbonyl (C=O) groups excluding carboxylic acids is 2. The number of benzene rings is 2. The molecule has 1 amide bonds. The van der Waals surface area contributed by atoms with E-state index in [2.05, 4.69) is 10.5 Å². The van der Waals surface area contributed by atoms with Crippen LogP contribution >= 0.6 is 11.8 Å². The molecule has 0 saturated carbocycles. The number of nitrogens with zero attached hydrogens (tertiary/aromatic N) is 1. The Morgan fingerprint density at radius 2 is 1.85 bits per heavy atom. The summed E-state index contributed by atoms with van der Waals surface area (Å²) in [6.45, 7) is 1.11. The Morgan fingerprint density at radius 3 is 2.56 bits per heavy atom. The highest BCUT2D eigenvalue weighted by molar-refractivity contribution is 7.99. The van der Waals surface area contributed by atoms with Gasteiger partial charge in [-0.2, -0.15) is 0 Å². The van der Waals surface area contributed by atoms with Crippen LogP contribution in [0.3, 0.4) is 0 Å². The second kappa shape index (κ2) is 8.41. The third kappa shape index (κ3) is 4.68. The molecule has 27 heavy (non-hydrogen) atoms. The number of rotatable bonds is 6. The monoisotopic (exact) mass is 383 g/mol. The molecule has 2 aromatic carbocycles. The third-order valence-electron chi connectivity index (χ3n) is 3.56. The Hall–Kier alpha value is -3.26. The molecule has 3 rings (SSSR count). The minimum absolute atomic E-state index is 0.0304. The third-order valence-corrected chi connectivity index (χ3v) is 4.64. The number of nitrogen functional groups attached to an aromatic ring is 1. The summed E-state index contributed by atoms with van der Waals surface area (Å²) in [6.07, 6.45) is 0. The van der Waals surface area contributed by atoms with Gasteiger partial charge in [-0.1, -0.05) is 47.3 Å². The average Bonchev–Trinajstić information content (AvgIpc) is 3.01. The molecule has 3 N–H and O–H groups in total. The lowest BCUT2D eigenvalue weighted by Crippen LogP contribution is -2.21. The van der Waals surface area contributed by atoms with Gasteiger partial charge in [0, 0.05) is 9.79 Å². The molecule has 0 bridgehead atoms. The highest BCUT2D eigenvalue weighted by atomic mass is 32.2. The minimum atomic E-state index is -0.756. The molecule has 3 aromatic rings. The number of nitrogens with one attached hydrogen (secondary N) is 1. The van der Waals surface area contributed by atoms with Crippen molar-refractivity contribution in [2.24, 2.45) is 0 Å². The fraction of sp³-hybridized carbons (Fsp3) is 0.105. The number of ether oxygens (including phenoxy) is 1. The van der Waals surface area contributed by atoms with Gasteiger partial charge in [-0.15, -0.1) is 0 Å². The van der Waals surface area contributed by atoms with E-state index in [0.29, 0.717) is 11.4 Å². The first-order chi connectivity index (χ1) is 13.0. The molecule has 0 aliphatic heterocycles. The molecule has 0 atom stereocenters. The molecule has 138 valence electrons. The van der Waals surface area contributed by atoms with Crippen LogP contribution in [-0.4, -0.2) is 23.6 Å². The molecular formula is C19H17N3O4S. The Kier molecular flexibility index (Phi) is 5.77. The van der Waals surface area contributed by atoms with Crippen molar-refractivity contribution in [3.63, 3.8) is 0 Å². The predicted molar refractivity (Wildman–Crippen MR) is 102 cm³/mol. The van der Waals surface area contributed by atoms with Crippen LogP contribution in [0, 0.1) is 6.92 Å². The lowest BCUT2D eigenvalue weighted by molar-refractivity contribution is -0.119. The van der Waals surface area contributed by atoms with E-state index in [0.717, 1.165) is 9.79 Å². The standard InChI is InChI=1S/C19H17N3O4S/c1-12-17(18(20)26-22-12)19(24)25-11-16(23)21-14-9-5-6-10-15(14)27-13-7-3-2-4-8-13/h2-10H,11,20H2,1H3,(H,21,23). The van der Waals surface area contributed by atoms with Gasteiger partial charge in [0.1, 0.15) is 5.56 Å². The van der Waals surface area contributed by atoms with Gasteiger partial charge in [0.05, 0.1) is 11.4 Å². The van der Waals surface area contributed by atoms with Crippen LogP contribution in [0.15, 0.2) is 68.9 Å². The summed E-state index contributed by atoms with van der Waals surface area (Å²) < 4.78 is 9.72. The maximum absolute atomic E-state index is 12.2. The van der Waals surface area contributed by atoms with E-state index < -0.39 is 18.5 Å². The van der Waals surface area contributed by atoms with E-state index >= 15 is 0 Å². The summed E-state index contributed by atoms with van der Waals surface area (Å²) >= 11 is 1.52. The van der Waals surface area contributed by atoms with Crippen molar-refractivity contribution >= 4 is 35.2 Å². The maximum atomic E-state index is 12.2. The van der Waals surface area contributed by atoms with E-state index in [4.69, 9.17) is 15.0 Å². The zero-order chi connectivity index (χ0) is 19.2. The number of hydrogen-bond acceptors (Lipinski definition) is 7. The van der Waals surface area contributed by atoms with Gasteiger partial charge in [0.25, 0.3) is 5.91 Å². The average molecular weight is 383 g/mol. The quantitative estimate of drug-likeness (QED) is 0.627. The number of para-hydroxylation sites is 1. The first kappa shape index (κ1) is 18.5. The Bertz CT molecular complexity index is 937. The van der Waals surface area contributed by atoms with Gasteiger partial charge < -0.3 is 20.3 Å². The number of nitrogens with two attached hydrogens (primary N) is 1. The Morgan fingerprint density at radius 1 is 1.15 bits per heavy atom. The van der Waals surface area contributed by atoms with Gasteiger partial charge in [-0.3, -0.25) is 4.79 Å². The fourth-order valence-electron chi connectivity index (χ4n) is 2.30. The summed E-state index contributed by atoms with van der Waals surface area (Å²) in [5.74, 6) is -1.35. The van der Waals surface area contributed by atoms with E-state index in [1.54, 1.807) is 13.0 Å². The van der Waals surface area contributed by atoms with Crippen molar-refractivity contribution in [3.05, 3.63) is 65.9 Å². The van der Waals surface area contributed by atoms with Crippen LogP contribution < -0.4 is 11.1 Å². The number of carbonyl (C=O) groups is 2. The van der Waals surface area contributed by atoms with Crippen molar-refractivity contribution in [1.82, 2.24) is 5.16 Å². The first-order valence-electron chi connectivity index (χ1n) is 8.05. The molecule has 8 heteroatoms. The number of aromatic nitrogens is 1. The van der Waals surface area contributed by atoms with Gasteiger partial charge in [-0.05, 0) is 31.2 Å². The van der Waals surface area contributed by atoms with Crippen molar-refractivity contribution in [2.75, 3.05) is 17.7 Å². The van der Waals surface area contributed by atoms with E-state index in [1.165, 1.54) is 11.8 Å². The van der Waals surface area contributed by atoms with Gasteiger partial charge in [0.15, 0.2) is 6.61 Å². The molecule has 0 saturated heterocycles. The molecule has 0 aliphatic rings. The van der Waals surface area contributed by atoms with Crippen LogP contribution in [0.1, 0.15) is 16.1 Å². The molecular weight excluding hydrogens is 366 g/mol. The summed E-state index contributed by atoms with van der Waals surface area (Å²) in [6, 6.07) is 17.2. The van der Waals surface area contributed by atoms with Crippen LogP contribution in [0.25, 0.3) is 0 Å². The van der Waals surface area contributed by atoms with Crippen molar-refractivity contribution in [2.45, 2.75) is 16.7 Å². The number of aryl methyl sites for hydroxylation is 1. The number of hydrogen-bond donors (Lipinski definition) is 2. The highest BCUT2D eigenvalue weighted by Gasteiger charge is 2.21. The van der Waals surface area contributed by atoms with Crippen molar-refractivity contribution in [1.29, 1.82) is 0 Å². The second-order valence-electron chi connectivity index (χ2n) is 5.54. The normalized spacial score (nSPS) is 10.4. The summed E-state index contributed by atoms with van der Waals surface area (Å²) in [7, 11) is 0. The van der Waals surface area contributed by atoms with Crippen molar-refractivity contribution in [3.8, 4) is 0 Å². The van der Waals surface area contributed by atoms with Gasteiger partial charge in [0.2, 0.25) is 5.88 Å². The SMILES string of the molecule is Cc1noc(N)c1C(=O)OCC(=O)Nc1ccccc1Sc1ccccc1. The Balaban J connectivity index is 1.62. The summed E-state index contributed by atoms with van der Waals surface area (Å²) in [5.41, 5.74) is 6.50. The largest absolute Gasteiger partial charge is 0.452 e. The van der Waals surface area contributed by atoms with Crippen LogP contribution in [-0.2, 0) is 9.53 Å². The van der Waals surface area contributed by atoms with Crippen LogP contribution in [0.5, 0.6) is 0 Å². The number of anilines is 2. The second-order valence-corrected chi connectivity index (χ2v) is 6.66. The number of esters is 1. The molecule has 1 aromatic heterocycles. The zero-order valence-corrected chi connectivity index (χ0v) is 15.3. The first-order valence-corrected chi connectivity index (χ1v) is 8.87. The lowest BCUT2D eigenvalue weighted by Gasteiger charge is -2.11. The molecule has 0 unspecified atom stereocenters. The summed E-state index contributed by atoms with van der Waals surface area (Å²) in [5, 5.41) is 6.33. The zero-order valence-electron chi connectivity index (χ0n) is 14.5. The van der Waals surface area contributed by atoms with E-state index in [-0.39, 0.29) is 11.4 Å². The molecule has 0 aliphatic carbocycles. The topological polar surface area (TPSA) is 107 Å².